The maximum atomic E-state index is 15.1. The predicted molar refractivity (Wildman–Crippen MR) is 306 cm³/mol. The van der Waals surface area contributed by atoms with Crippen LogP contribution in [0.3, 0.4) is 0 Å². The molecule has 0 aliphatic carbocycles. The molecule has 0 unspecified atom stereocenters. The summed E-state index contributed by atoms with van der Waals surface area (Å²) in [5.74, 6) is -5.69. The number of thiazole rings is 2. The molecule has 81 heavy (non-hydrogen) atoms. The van der Waals surface area contributed by atoms with Gasteiger partial charge in [0.25, 0.3) is 11.8 Å². The molecule has 4 heterocycles. The van der Waals surface area contributed by atoms with Crippen LogP contribution in [0, 0.1) is 0 Å². The number of carbonyl (C=O) groups excluding carboxylic acids is 5. The molecule has 0 spiro atoms. The molecule has 17 nitrogen and oxygen atoms in total. The average Bonchev–Trinajstić information content (AvgIpc) is 3.99. The monoisotopic (exact) mass is 1140 g/mol. The van der Waals surface area contributed by atoms with Gasteiger partial charge in [0.1, 0.15) is 28.3 Å². The molecule has 0 radical (unpaired) electrons. The molecular weight excluding hydrogens is 1090 g/mol. The van der Waals surface area contributed by atoms with E-state index in [2.05, 4.69) is 20.8 Å². The van der Waals surface area contributed by atoms with Crippen LogP contribution in [0.5, 0.6) is 11.5 Å². The molecule has 2 amide bonds. The fourth-order valence-electron chi connectivity index (χ4n) is 9.33. The number of hydrogen-bond acceptors (Lipinski definition) is 17. The number of fused-ring (bicyclic) bond motifs is 1. The van der Waals surface area contributed by atoms with Crippen LogP contribution in [0.4, 0.5) is 5.13 Å². The van der Waals surface area contributed by atoms with E-state index in [1.165, 1.54) is 41.3 Å². The number of rotatable bonds is 20. The van der Waals surface area contributed by atoms with E-state index in [1.807, 2.05) is 103 Å². The Morgan fingerprint density at radius 3 is 1.84 bits per heavy atom. The molecule has 0 saturated carbocycles. The number of amides is 2. The van der Waals surface area contributed by atoms with E-state index >= 15 is 4.79 Å². The van der Waals surface area contributed by atoms with Crippen LogP contribution in [-0.2, 0) is 43.9 Å². The zero-order valence-corrected chi connectivity index (χ0v) is 45.6. The van der Waals surface area contributed by atoms with Crippen LogP contribution in [-0.4, -0.2) is 78.5 Å². The van der Waals surface area contributed by atoms with Gasteiger partial charge in [-0.3, -0.25) is 29.1 Å². The van der Waals surface area contributed by atoms with Crippen LogP contribution in [0.1, 0.15) is 70.0 Å². The Balaban J connectivity index is 1.07. The Bertz CT molecular complexity index is 3560. The summed E-state index contributed by atoms with van der Waals surface area (Å²) in [6, 6.07) is 49.9. The normalized spacial score (nSPS) is 15.5. The summed E-state index contributed by atoms with van der Waals surface area (Å²) in [5, 5.41) is 22.4. The van der Waals surface area contributed by atoms with Crippen molar-refractivity contribution in [2.75, 3.05) is 11.1 Å². The summed E-state index contributed by atoms with van der Waals surface area (Å²) in [5.41, 5.74) is 4.02. The van der Waals surface area contributed by atoms with E-state index < -0.39 is 70.6 Å². The minimum Gasteiger partial charge on any atom is -0.477 e. The predicted octanol–water partition coefficient (Wildman–Crippen LogP) is 10.1. The Hall–Kier alpha value is -9.50. The fraction of sp³-hybridized carbons (Fsp3) is 0.131. The summed E-state index contributed by atoms with van der Waals surface area (Å²) in [6.45, 7) is 2.31. The van der Waals surface area contributed by atoms with E-state index in [1.54, 1.807) is 77.8 Å². The number of esters is 3. The SMILES string of the molecule is CC(=O)Oc1ccc([C@@H](ON=C(C(=O)N[C@@H]2C(=O)N3C(C(=O)O)=C(C=Cc4cncs4)CS[C@@H]23)c2csc(NC(c3ccccc3)(c3ccccc3)c3ccccc3)n2)C(=O)OC(c2ccccc2)c2ccccc2)cc1OC(C)=O. The van der Waals surface area contributed by atoms with Crippen molar-refractivity contribution in [3.63, 3.8) is 0 Å². The number of β-lactam (4-membered cyclic amide) rings is 1. The minimum atomic E-state index is -1.84. The smallest absolute Gasteiger partial charge is 0.355 e. The molecule has 20 heteroatoms. The van der Waals surface area contributed by atoms with Gasteiger partial charge in [0.15, 0.2) is 28.4 Å². The number of benzene rings is 6. The maximum Gasteiger partial charge on any atom is 0.355 e. The highest BCUT2D eigenvalue weighted by atomic mass is 32.2. The van der Waals surface area contributed by atoms with Gasteiger partial charge in [0.2, 0.25) is 6.10 Å². The highest BCUT2D eigenvalue weighted by molar-refractivity contribution is 8.00. The number of aliphatic carboxylic acids is 1. The van der Waals surface area contributed by atoms with Crippen LogP contribution in [0.2, 0.25) is 0 Å². The van der Waals surface area contributed by atoms with E-state index in [9.17, 15) is 29.1 Å². The zero-order chi connectivity index (χ0) is 56.5. The van der Waals surface area contributed by atoms with Crippen LogP contribution >= 0.6 is 34.4 Å². The van der Waals surface area contributed by atoms with Gasteiger partial charge in [-0.25, -0.2) is 14.6 Å². The molecule has 8 aromatic rings. The standard InChI is InChI=1S/C61H48N6O11S3/c1-37(68)75-48-31-29-41(32-49(48)76-38(2)69)54(59(74)77-53(39-18-8-3-9-19-39)40-20-10-4-11-21-40)78-66-50(55(70)64-51-56(71)67-52(58(72)73)42(34-79-57(51)67)28-30-46-33-62-36-81-46)47-35-80-60(63-47)65-61(43-22-12-5-13-23-43,44-24-14-6-15-25-44)45-26-16-7-17-27-45/h3-33,35-36,51,53-54,57H,34H2,1-2H3,(H,63,65)(H,64,70)(H,72,73)/t51-,54-,57+/m1/s1. The van der Waals surface area contributed by atoms with Gasteiger partial charge < -0.3 is 34.8 Å². The third kappa shape index (κ3) is 12.1. The lowest BCUT2D eigenvalue weighted by Crippen LogP contribution is -2.71. The van der Waals surface area contributed by atoms with Gasteiger partial charge in [0.05, 0.1) is 5.51 Å². The second-order valence-electron chi connectivity index (χ2n) is 18.2. The summed E-state index contributed by atoms with van der Waals surface area (Å²) in [6.07, 6.45) is 2.17. The summed E-state index contributed by atoms with van der Waals surface area (Å²) in [4.78, 5) is 98.9. The third-order valence-corrected chi connectivity index (χ3v) is 15.7. The number of anilines is 1. The molecule has 6 aromatic carbocycles. The molecule has 2 aliphatic heterocycles. The highest BCUT2D eigenvalue weighted by Crippen LogP contribution is 2.43. The minimum absolute atomic E-state index is 0.00821. The lowest BCUT2D eigenvalue weighted by Gasteiger charge is -2.49. The Labute approximate surface area is 476 Å². The lowest BCUT2D eigenvalue weighted by atomic mass is 9.77. The molecule has 2 aromatic heterocycles. The van der Waals surface area contributed by atoms with Crippen LogP contribution < -0.4 is 20.1 Å². The Morgan fingerprint density at radius 2 is 1.30 bits per heavy atom. The first kappa shape index (κ1) is 54.8. The van der Waals surface area contributed by atoms with Crippen molar-refractivity contribution in [3.8, 4) is 11.5 Å². The fourth-order valence-corrected chi connectivity index (χ4v) is 11.9. The molecule has 3 N–H and O–H groups in total. The number of thioether (sulfide) groups is 1. The first-order chi connectivity index (χ1) is 39.4. The second-order valence-corrected chi connectivity index (χ2v) is 21.1. The summed E-state index contributed by atoms with van der Waals surface area (Å²) in [7, 11) is 0. The number of carboxylic acid groups (broad SMARTS) is 1. The van der Waals surface area contributed by atoms with Crippen molar-refractivity contribution < 1.29 is 52.9 Å². The van der Waals surface area contributed by atoms with Crippen LogP contribution in [0.25, 0.3) is 6.08 Å². The second kappa shape index (κ2) is 24.7. The number of ether oxygens (including phenoxy) is 3. The van der Waals surface area contributed by atoms with Crippen molar-refractivity contribution in [2.45, 2.75) is 43.0 Å². The van der Waals surface area contributed by atoms with Gasteiger partial charge in [-0.1, -0.05) is 169 Å². The number of aromatic nitrogens is 2. The molecular formula is C61H48N6O11S3. The average molecular weight is 1140 g/mol. The summed E-state index contributed by atoms with van der Waals surface area (Å²) >= 11 is 3.77. The van der Waals surface area contributed by atoms with Gasteiger partial charge >= 0.3 is 23.9 Å². The number of carboxylic acids is 1. The molecule has 2 aliphatic rings. The molecule has 406 valence electrons. The molecule has 1 fully saturated rings. The zero-order valence-electron chi connectivity index (χ0n) is 43.1. The largest absolute Gasteiger partial charge is 0.477 e. The van der Waals surface area contributed by atoms with Gasteiger partial charge in [-0.05, 0) is 51.6 Å². The third-order valence-electron chi connectivity index (χ3n) is 12.9. The molecule has 0 bridgehead atoms. The Morgan fingerprint density at radius 1 is 0.728 bits per heavy atom. The number of allylic oxidation sites excluding steroid dienone is 1. The lowest BCUT2D eigenvalue weighted by molar-refractivity contribution is -0.162. The number of carbonyl (C=O) groups is 6. The molecule has 10 rings (SSSR count). The van der Waals surface area contributed by atoms with E-state index in [0.717, 1.165) is 51.7 Å². The Kier molecular flexibility index (Phi) is 16.7. The van der Waals surface area contributed by atoms with Crippen molar-refractivity contribution >= 4 is 87.0 Å². The number of nitrogens with one attached hydrogen (secondary N) is 2. The number of nitrogens with zero attached hydrogens (tertiary/aromatic N) is 4. The van der Waals surface area contributed by atoms with Crippen molar-refractivity contribution in [1.29, 1.82) is 0 Å². The van der Waals surface area contributed by atoms with E-state index in [4.69, 9.17) is 24.0 Å². The van der Waals surface area contributed by atoms with Crippen molar-refractivity contribution in [2.24, 2.45) is 5.16 Å². The molecule has 3 atom stereocenters. The van der Waals surface area contributed by atoms with Gasteiger partial charge in [-0.15, -0.1) is 34.4 Å². The van der Waals surface area contributed by atoms with Crippen LogP contribution in [0.15, 0.2) is 209 Å². The van der Waals surface area contributed by atoms with Crippen molar-refractivity contribution in [1.82, 2.24) is 20.2 Å². The highest BCUT2D eigenvalue weighted by Gasteiger charge is 2.54. The van der Waals surface area contributed by atoms with E-state index in [-0.39, 0.29) is 34.2 Å². The summed E-state index contributed by atoms with van der Waals surface area (Å²) < 4.78 is 17.1. The maximum absolute atomic E-state index is 15.1. The topological polar surface area (TPSA) is 225 Å². The van der Waals surface area contributed by atoms with Gasteiger partial charge in [-0.2, -0.15) is 0 Å². The van der Waals surface area contributed by atoms with Gasteiger partial charge in [0, 0.05) is 41.6 Å². The van der Waals surface area contributed by atoms with Crippen molar-refractivity contribution in [3.05, 3.63) is 248 Å². The quantitative estimate of drug-likeness (QED) is 0.0161. The number of hydrogen-bond donors (Lipinski definition) is 3. The first-order valence-corrected chi connectivity index (χ1v) is 27.9. The first-order valence-electron chi connectivity index (χ1n) is 25.1. The molecule has 1 saturated heterocycles. The number of oxime groups is 1. The van der Waals surface area contributed by atoms with E-state index in [0.29, 0.717) is 21.8 Å².